The first-order valence-electron chi connectivity index (χ1n) is 12.4. The highest BCUT2D eigenvalue weighted by Gasteiger charge is 2.45. The van der Waals surface area contributed by atoms with E-state index in [1.54, 1.807) is 0 Å². The van der Waals surface area contributed by atoms with E-state index >= 15 is 0 Å². The number of amides is 4. The van der Waals surface area contributed by atoms with Crippen LogP contribution in [0.1, 0.15) is 24.8 Å². The van der Waals surface area contributed by atoms with Crippen LogP contribution in [-0.4, -0.2) is 66.4 Å². The molecule has 2 saturated heterocycles. The lowest BCUT2D eigenvalue weighted by molar-refractivity contribution is -0.142. The molecular weight excluding hydrogens is 464 g/mol. The second kappa shape index (κ2) is 10.3. The predicted molar refractivity (Wildman–Crippen MR) is 135 cm³/mol. The molecule has 0 bridgehead atoms. The Labute approximate surface area is 211 Å². The Kier molecular flexibility index (Phi) is 6.95. The average Bonchev–Trinajstić information content (AvgIpc) is 2.88. The summed E-state index contributed by atoms with van der Waals surface area (Å²) in [7, 11) is 0. The number of benzene rings is 2. The van der Waals surface area contributed by atoms with Crippen molar-refractivity contribution in [1.82, 2.24) is 15.1 Å². The summed E-state index contributed by atoms with van der Waals surface area (Å²) >= 11 is 6.13. The highest BCUT2D eigenvalue weighted by molar-refractivity contribution is 6.30. The molecule has 3 unspecified atom stereocenters. The molecule has 3 aliphatic rings. The molecule has 7 nitrogen and oxygen atoms in total. The molecule has 2 aromatic rings. The molecule has 1 aliphatic carbocycles. The largest absolute Gasteiger partial charge is 0.368 e. The minimum Gasteiger partial charge on any atom is -0.368 e. The van der Waals surface area contributed by atoms with Gasteiger partial charge in [-0.3, -0.25) is 14.5 Å². The van der Waals surface area contributed by atoms with Crippen LogP contribution in [0.3, 0.4) is 0 Å². The van der Waals surface area contributed by atoms with Gasteiger partial charge in [0.2, 0.25) is 11.8 Å². The Morgan fingerprint density at radius 1 is 0.971 bits per heavy atom. The van der Waals surface area contributed by atoms with E-state index in [0.29, 0.717) is 50.3 Å². The number of hydrogen-bond acceptors (Lipinski definition) is 4. The fraction of sp³-hybridized carbons (Fsp3) is 0.444. The van der Waals surface area contributed by atoms with Crippen molar-refractivity contribution in [2.75, 3.05) is 37.6 Å². The molecule has 1 saturated carbocycles. The first kappa shape index (κ1) is 23.7. The Balaban J connectivity index is 1.15. The minimum atomic E-state index is -0.338. The van der Waals surface area contributed by atoms with Gasteiger partial charge in [0.25, 0.3) is 0 Å². The van der Waals surface area contributed by atoms with Gasteiger partial charge in [-0.15, -0.1) is 0 Å². The molecule has 0 spiro atoms. The highest BCUT2D eigenvalue weighted by Crippen LogP contribution is 2.34. The number of rotatable bonds is 5. The van der Waals surface area contributed by atoms with Gasteiger partial charge in [-0.2, -0.15) is 0 Å². The van der Waals surface area contributed by atoms with Crippen molar-refractivity contribution in [2.24, 2.45) is 11.8 Å². The van der Waals surface area contributed by atoms with Crippen molar-refractivity contribution >= 4 is 35.1 Å². The number of urea groups is 1. The summed E-state index contributed by atoms with van der Waals surface area (Å²) in [5.41, 5.74) is 2.17. The maximum absolute atomic E-state index is 13.3. The number of piperazine rings is 1. The van der Waals surface area contributed by atoms with Gasteiger partial charge < -0.3 is 15.1 Å². The lowest BCUT2D eigenvalue weighted by Crippen LogP contribution is -2.62. The maximum Gasteiger partial charge on any atom is 0.324 e. The van der Waals surface area contributed by atoms with E-state index in [1.165, 1.54) is 4.90 Å². The van der Waals surface area contributed by atoms with E-state index in [4.69, 9.17) is 11.6 Å². The van der Waals surface area contributed by atoms with E-state index in [2.05, 4.69) is 10.2 Å². The van der Waals surface area contributed by atoms with Crippen molar-refractivity contribution in [1.29, 1.82) is 0 Å². The molecule has 2 heterocycles. The van der Waals surface area contributed by atoms with E-state index < -0.39 is 0 Å². The van der Waals surface area contributed by atoms with Gasteiger partial charge in [0.1, 0.15) is 0 Å². The molecule has 2 aromatic carbocycles. The SMILES string of the molecule is O=C(C1CCC2C(=O)N(CCc3ccccc3)C(=O)NC2C1)N1CCN(c2cccc(Cl)c2)CC1. The van der Waals surface area contributed by atoms with Crippen LogP contribution in [0.5, 0.6) is 0 Å². The smallest absolute Gasteiger partial charge is 0.324 e. The molecule has 5 rings (SSSR count). The fourth-order valence-electron chi connectivity index (χ4n) is 5.60. The summed E-state index contributed by atoms with van der Waals surface area (Å²) in [4.78, 5) is 44.7. The molecule has 0 aromatic heterocycles. The van der Waals surface area contributed by atoms with Crippen molar-refractivity contribution in [3.8, 4) is 0 Å². The van der Waals surface area contributed by atoms with Gasteiger partial charge in [0, 0.05) is 55.4 Å². The third-order valence-corrected chi connectivity index (χ3v) is 7.80. The summed E-state index contributed by atoms with van der Waals surface area (Å²) in [5.74, 6) is -0.358. The number of anilines is 1. The highest BCUT2D eigenvalue weighted by atomic mass is 35.5. The topological polar surface area (TPSA) is 73.0 Å². The van der Waals surface area contributed by atoms with E-state index in [9.17, 15) is 14.4 Å². The van der Waals surface area contributed by atoms with Gasteiger partial charge in [0.15, 0.2) is 0 Å². The van der Waals surface area contributed by atoms with E-state index in [-0.39, 0.29) is 35.7 Å². The Morgan fingerprint density at radius 3 is 2.49 bits per heavy atom. The molecule has 4 amide bonds. The third-order valence-electron chi connectivity index (χ3n) is 7.57. The number of hydrogen-bond donors (Lipinski definition) is 1. The maximum atomic E-state index is 13.3. The van der Waals surface area contributed by atoms with Gasteiger partial charge >= 0.3 is 6.03 Å². The number of carbonyl (C=O) groups excluding carboxylic acids is 3. The van der Waals surface area contributed by atoms with Crippen LogP contribution in [0.4, 0.5) is 10.5 Å². The first-order valence-corrected chi connectivity index (χ1v) is 12.8. The average molecular weight is 495 g/mol. The molecule has 0 radical (unpaired) electrons. The number of imide groups is 1. The Bertz CT molecular complexity index is 1090. The Morgan fingerprint density at radius 2 is 1.74 bits per heavy atom. The summed E-state index contributed by atoms with van der Waals surface area (Å²) in [6, 6.07) is 17.1. The van der Waals surface area contributed by atoms with Crippen molar-refractivity contribution in [2.45, 2.75) is 31.7 Å². The molecule has 35 heavy (non-hydrogen) atoms. The summed E-state index contributed by atoms with van der Waals surface area (Å²) < 4.78 is 0. The molecule has 3 atom stereocenters. The number of nitrogens with one attached hydrogen (secondary N) is 1. The zero-order valence-corrected chi connectivity index (χ0v) is 20.5. The molecular formula is C27H31ClN4O3. The summed E-state index contributed by atoms with van der Waals surface area (Å²) in [6.07, 6.45) is 2.48. The van der Waals surface area contributed by atoms with Crippen LogP contribution in [0, 0.1) is 11.8 Å². The van der Waals surface area contributed by atoms with Crippen LogP contribution >= 0.6 is 11.6 Å². The predicted octanol–water partition coefficient (Wildman–Crippen LogP) is 3.57. The number of carbonyl (C=O) groups is 3. The second-order valence-electron chi connectivity index (χ2n) is 9.69. The van der Waals surface area contributed by atoms with Crippen LogP contribution in [0.2, 0.25) is 5.02 Å². The van der Waals surface area contributed by atoms with Gasteiger partial charge in [0.05, 0.1) is 5.92 Å². The molecule has 1 N–H and O–H groups in total. The second-order valence-corrected chi connectivity index (χ2v) is 10.1. The lowest BCUT2D eigenvalue weighted by Gasteiger charge is -2.43. The summed E-state index contributed by atoms with van der Waals surface area (Å²) in [5, 5.41) is 3.74. The van der Waals surface area contributed by atoms with Gasteiger partial charge in [-0.1, -0.05) is 48.0 Å². The van der Waals surface area contributed by atoms with Crippen molar-refractivity contribution in [3.05, 3.63) is 65.2 Å². The van der Waals surface area contributed by atoms with E-state index in [0.717, 1.165) is 24.3 Å². The van der Waals surface area contributed by atoms with Crippen molar-refractivity contribution < 1.29 is 14.4 Å². The lowest BCUT2D eigenvalue weighted by atomic mass is 9.76. The number of fused-ring (bicyclic) bond motifs is 1. The van der Waals surface area contributed by atoms with Crippen LogP contribution in [-0.2, 0) is 16.0 Å². The quantitative estimate of drug-likeness (QED) is 0.689. The fourth-order valence-corrected chi connectivity index (χ4v) is 5.78. The molecule has 3 fully saturated rings. The number of nitrogens with zero attached hydrogens (tertiary/aromatic N) is 3. The summed E-state index contributed by atoms with van der Waals surface area (Å²) in [6.45, 7) is 3.22. The van der Waals surface area contributed by atoms with Crippen LogP contribution < -0.4 is 10.2 Å². The Hall–Kier alpha value is -3.06. The van der Waals surface area contributed by atoms with Gasteiger partial charge in [-0.25, -0.2) is 4.79 Å². The monoisotopic (exact) mass is 494 g/mol. The third kappa shape index (κ3) is 5.15. The minimum absolute atomic E-state index is 0.101. The number of halogens is 1. The van der Waals surface area contributed by atoms with E-state index in [1.807, 2.05) is 59.5 Å². The molecule has 8 heteroatoms. The normalized spacial score (nSPS) is 24.7. The van der Waals surface area contributed by atoms with Crippen LogP contribution in [0.15, 0.2) is 54.6 Å². The van der Waals surface area contributed by atoms with Crippen LogP contribution in [0.25, 0.3) is 0 Å². The zero-order chi connectivity index (χ0) is 24.4. The first-order chi connectivity index (χ1) is 17.0. The molecule has 184 valence electrons. The van der Waals surface area contributed by atoms with Crippen molar-refractivity contribution in [3.63, 3.8) is 0 Å². The molecule has 2 aliphatic heterocycles. The zero-order valence-electron chi connectivity index (χ0n) is 19.7. The van der Waals surface area contributed by atoms with Gasteiger partial charge in [-0.05, 0) is 49.4 Å². The standard InChI is InChI=1S/C27H31ClN4O3/c28-21-7-4-8-22(18-21)30-13-15-31(16-14-30)25(33)20-9-10-23-24(17-20)29-27(35)32(26(23)34)12-11-19-5-2-1-3-6-19/h1-8,18,20,23-24H,9-17H2,(H,29,35).